The van der Waals surface area contributed by atoms with E-state index in [9.17, 15) is 4.79 Å². The molecule has 4 heteroatoms. The van der Waals surface area contributed by atoms with Gasteiger partial charge in [-0.3, -0.25) is 4.79 Å². The Labute approximate surface area is 136 Å². The molecule has 0 bridgehead atoms. The summed E-state index contributed by atoms with van der Waals surface area (Å²) < 4.78 is 2.01. The Morgan fingerprint density at radius 1 is 1.17 bits per heavy atom. The molecule has 0 aliphatic rings. The number of pyridine rings is 1. The molecular formula is C19H21N3O. The number of carbonyl (C=O) groups excluding carboxylic acids is 1. The number of anilines is 1. The lowest BCUT2D eigenvalue weighted by Gasteiger charge is -2.11. The highest BCUT2D eigenvalue weighted by Gasteiger charge is 2.11. The summed E-state index contributed by atoms with van der Waals surface area (Å²) in [6.07, 6.45) is 4.02. The van der Waals surface area contributed by atoms with E-state index in [0.717, 1.165) is 28.2 Å². The molecule has 3 rings (SSSR count). The Morgan fingerprint density at radius 2 is 1.96 bits per heavy atom. The number of amides is 1. The second-order valence-corrected chi connectivity index (χ2v) is 6.27. The average molecular weight is 307 g/mol. The third kappa shape index (κ3) is 3.11. The van der Waals surface area contributed by atoms with Gasteiger partial charge < -0.3 is 9.72 Å². The van der Waals surface area contributed by atoms with Crippen molar-refractivity contribution in [3.63, 3.8) is 0 Å². The summed E-state index contributed by atoms with van der Waals surface area (Å²) in [7, 11) is 0. The van der Waals surface area contributed by atoms with Crippen LogP contribution in [0.4, 0.5) is 5.69 Å². The molecular weight excluding hydrogens is 286 g/mol. The third-order valence-electron chi connectivity index (χ3n) is 3.93. The fourth-order valence-electron chi connectivity index (χ4n) is 2.42. The number of rotatable bonds is 3. The van der Waals surface area contributed by atoms with Gasteiger partial charge in [-0.1, -0.05) is 26.0 Å². The third-order valence-corrected chi connectivity index (χ3v) is 3.93. The van der Waals surface area contributed by atoms with Gasteiger partial charge in [-0.25, -0.2) is 4.98 Å². The van der Waals surface area contributed by atoms with Gasteiger partial charge in [0.05, 0.1) is 5.69 Å². The lowest BCUT2D eigenvalue weighted by atomic mass is 10.1. The van der Waals surface area contributed by atoms with Crippen LogP contribution in [0.1, 0.15) is 25.0 Å². The number of aryl methyl sites for hydroxylation is 2. The number of aromatic nitrogens is 2. The molecule has 0 radical (unpaired) electrons. The maximum Gasteiger partial charge on any atom is 0.226 e. The smallest absolute Gasteiger partial charge is 0.226 e. The molecule has 118 valence electrons. The summed E-state index contributed by atoms with van der Waals surface area (Å²) in [5, 5.41) is 2.99. The van der Waals surface area contributed by atoms with Gasteiger partial charge in [-0.05, 0) is 43.2 Å². The molecule has 0 spiro atoms. The number of hydrogen-bond acceptors (Lipinski definition) is 2. The fourth-order valence-corrected chi connectivity index (χ4v) is 2.42. The van der Waals surface area contributed by atoms with E-state index in [4.69, 9.17) is 0 Å². The molecule has 0 saturated heterocycles. The maximum absolute atomic E-state index is 12.0. The van der Waals surface area contributed by atoms with Crippen LogP contribution in [-0.4, -0.2) is 15.3 Å². The van der Waals surface area contributed by atoms with Crippen LogP contribution in [0.15, 0.2) is 42.7 Å². The summed E-state index contributed by atoms with van der Waals surface area (Å²) in [5.74, 6) is -0.0212. The largest absolute Gasteiger partial charge is 0.326 e. The SMILES string of the molecule is Cc1ccn2cc(-c3ccc(C)c(NC(=O)C(C)C)c3)nc2c1. The Kier molecular flexibility index (Phi) is 3.90. The second-order valence-electron chi connectivity index (χ2n) is 6.27. The zero-order valence-corrected chi connectivity index (χ0v) is 13.9. The molecule has 1 amide bonds. The number of hydrogen-bond donors (Lipinski definition) is 1. The molecule has 0 aliphatic heterocycles. The predicted molar refractivity (Wildman–Crippen MR) is 93.6 cm³/mol. The first-order valence-corrected chi connectivity index (χ1v) is 7.81. The number of nitrogens with zero attached hydrogens (tertiary/aromatic N) is 2. The minimum Gasteiger partial charge on any atom is -0.326 e. The van der Waals surface area contributed by atoms with E-state index >= 15 is 0 Å². The lowest BCUT2D eigenvalue weighted by Crippen LogP contribution is -2.18. The topological polar surface area (TPSA) is 46.4 Å². The zero-order valence-electron chi connectivity index (χ0n) is 13.9. The minimum atomic E-state index is -0.0452. The van der Waals surface area contributed by atoms with Gasteiger partial charge in [0.1, 0.15) is 5.65 Å². The van der Waals surface area contributed by atoms with Crippen molar-refractivity contribution in [2.75, 3.05) is 5.32 Å². The van der Waals surface area contributed by atoms with Crippen molar-refractivity contribution in [2.24, 2.45) is 5.92 Å². The van der Waals surface area contributed by atoms with Crippen molar-refractivity contribution in [2.45, 2.75) is 27.7 Å². The van der Waals surface area contributed by atoms with Crippen LogP contribution < -0.4 is 5.32 Å². The Morgan fingerprint density at radius 3 is 2.70 bits per heavy atom. The number of fused-ring (bicyclic) bond motifs is 1. The first-order chi connectivity index (χ1) is 10.9. The number of carbonyl (C=O) groups is 1. The van der Waals surface area contributed by atoms with E-state index in [1.54, 1.807) is 0 Å². The lowest BCUT2D eigenvalue weighted by molar-refractivity contribution is -0.118. The first-order valence-electron chi connectivity index (χ1n) is 7.81. The highest BCUT2D eigenvalue weighted by molar-refractivity contribution is 5.93. The van der Waals surface area contributed by atoms with Crippen molar-refractivity contribution in [1.29, 1.82) is 0 Å². The monoisotopic (exact) mass is 307 g/mol. The predicted octanol–water partition coefficient (Wildman–Crippen LogP) is 4.21. The molecule has 0 saturated carbocycles. The van der Waals surface area contributed by atoms with Crippen LogP contribution in [0.5, 0.6) is 0 Å². The van der Waals surface area contributed by atoms with Crippen molar-refractivity contribution >= 4 is 17.2 Å². The maximum atomic E-state index is 12.0. The Bertz CT molecular complexity index is 877. The first kappa shape index (κ1) is 15.3. The van der Waals surface area contributed by atoms with E-state index in [1.807, 2.05) is 55.8 Å². The standard InChI is InChI=1S/C19H21N3O/c1-12(2)19(23)21-16-10-15(6-5-14(16)4)17-11-22-8-7-13(3)9-18(22)20-17/h5-12H,1-4H3,(H,21,23). The van der Waals surface area contributed by atoms with Gasteiger partial charge in [0.25, 0.3) is 0 Å². The van der Waals surface area contributed by atoms with Gasteiger partial charge in [0, 0.05) is 29.6 Å². The summed E-state index contributed by atoms with van der Waals surface area (Å²) in [4.78, 5) is 16.6. The average Bonchev–Trinajstić information content (AvgIpc) is 2.92. The van der Waals surface area contributed by atoms with Gasteiger partial charge in [0.2, 0.25) is 5.91 Å². The van der Waals surface area contributed by atoms with E-state index in [2.05, 4.69) is 29.4 Å². The normalized spacial score (nSPS) is 11.2. The van der Waals surface area contributed by atoms with E-state index < -0.39 is 0 Å². The Balaban J connectivity index is 2.00. The molecule has 0 unspecified atom stereocenters. The summed E-state index contributed by atoms with van der Waals surface area (Å²) in [6.45, 7) is 7.82. The van der Waals surface area contributed by atoms with Crippen molar-refractivity contribution in [1.82, 2.24) is 9.38 Å². The molecule has 1 N–H and O–H groups in total. The molecule has 23 heavy (non-hydrogen) atoms. The van der Waals surface area contributed by atoms with Crippen LogP contribution in [0, 0.1) is 19.8 Å². The van der Waals surface area contributed by atoms with Crippen molar-refractivity contribution in [3.8, 4) is 11.3 Å². The fraction of sp³-hybridized carbons (Fsp3) is 0.263. The minimum absolute atomic E-state index is 0.0240. The van der Waals surface area contributed by atoms with Crippen molar-refractivity contribution in [3.05, 3.63) is 53.9 Å². The molecule has 0 aliphatic carbocycles. The van der Waals surface area contributed by atoms with Crippen LogP contribution >= 0.6 is 0 Å². The quantitative estimate of drug-likeness (QED) is 0.787. The van der Waals surface area contributed by atoms with Gasteiger partial charge >= 0.3 is 0 Å². The zero-order chi connectivity index (χ0) is 16.6. The molecule has 0 atom stereocenters. The van der Waals surface area contributed by atoms with Crippen LogP contribution in [-0.2, 0) is 4.79 Å². The molecule has 1 aromatic carbocycles. The molecule has 4 nitrogen and oxygen atoms in total. The van der Waals surface area contributed by atoms with Gasteiger partial charge in [-0.15, -0.1) is 0 Å². The second kappa shape index (κ2) is 5.88. The van der Waals surface area contributed by atoms with Crippen LogP contribution in [0.2, 0.25) is 0 Å². The van der Waals surface area contributed by atoms with Crippen LogP contribution in [0.25, 0.3) is 16.9 Å². The molecule has 2 aromatic heterocycles. The number of nitrogens with one attached hydrogen (secondary N) is 1. The summed E-state index contributed by atoms with van der Waals surface area (Å²) in [6, 6.07) is 10.2. The molecule has 3 aromatic rings. The highest BCUT2D eigenvalue weighted by atomic mass is 16.1. The Hall–Kier alpha value is -2.62. The molecule has 0 fully saturated rings. The summed E-state index contributed by atoms with van der Waals surface area (Å²) >= 11 is 0. The number of benzene rings is 1. The number of imidazole rings is 1. The molecule has 2 heterocycles. The van der Waals surface area contributed by atoms with Gasteiger partial charge in [-0.2, -0.15) is 0 Å². The van der Waals surface area contributed by atoms with E-state index in [1.165, 1.54) is 5.56 Å². The van der Waals surface area contributed by atoms with E-state index in [-0.39, 0.29) is 11.8 Å². The van der Waals surface area contributed by atoms with Crippen molar-refractivity contribution < 1.29 is 4.79 Å². The van der Waals surface area contributed by atoms with E-state index in [0.29, 0.717) is 0 Å². The summed E-state index contributed by atoms with van der Waals surface area (Å²) in [5.41, 5.74) is 5.89. The van der Waals surface area contributed by atoms with Crippen LogP contribution in [0.3, 0.4) is 0 Å². The highest BCUT2D eigenvalue weighted by Crippen LogP contribution is 2.25. The van der Waals surface area contributed by atoms with Gasteiger partial charge in [0.15, 0.2) is 0 Å².